The lowest BCUT2D eigenvalue weighted by Gasteiger charge is -2.29. The SMILES string of the molecule is CCOc1cc([C@H]2[NH2+][C@@H](C(=O)[O-])Cc3c2[nH]c2ccccc32)ccc1O. The number of aromatic hydroxyl groups is 1. The third-order valence-electron chi connectivity index (χ3n) is 4.95. The fraction of sp³-hybridized carbons (Fsp3) is 0.250. The highest BCUT2D eigenvalue weighted by molar-refractivity contribution is 5.86. The molecule has 2 atom stereocenters. The van der Waals surface area contributed by atoms with Crippen molar-refractivity contribution in [3.63, 3.8) is 0 Å². The molecular formula is C20H20N2O4. The van der Waals surface area contributed by atoms with Crippen molar-refractivity contribution in [2.45, 2.75) is 25.4 Å². The quantitative estimate of drug-likeness (QED) is 0.640. The third-order valence-corrected chi connectivity index (χ3v) is 4.95. The lowest BCUT2D eigenvalue weighted by molar-refractivity contribution is -0.717. The molecule has 0 bridgehead atoms. The number of phenols is 1. The minimum Gasteiger partial charge on any atom is -0.544 e. The maximum Gasteiger partial charge on any atom is 0.161 e. The van der Waals surface area contributed by atoms with Crippen LogP contribution in [0.15, 0.2) is 42.5 Å². The average molecular weight is 352 g/mol. The number of hydrogen-bond acceptors (Lipinski definition) is 4. The van der Waals surface area contributed by atoms with Gasteiger partial charge in [0.1, 0.15) is 6.04 Å². The van der Waals surface area contributed by atoms with Gasteiger partial charge in [0.15, 0.2) is 17.5 Å². The number of hydrogen-bond donors (Lipinski definition) is 3. The minimum atomic E-state index is -1.07. The highest BCUT2D eigenvalue weighted by atomic mass is 16.5. The summed E-state index contributed by atoms with van der Waals surface area (Å²) in [6.07, 6.45) is 0.411. The topological polar surface area (TPSA) is 102 Å². The van der Waals surface area contributed by atoms with E-state index in [1.165, 1.54) is 0 Å². The van der Waals surface area contributed by atoms with Crippen LogP contribution in [0.2, 0.25) is 0 Å². The van der Waals surface area contributed by atoms with Gasteiger partial charge in [-0.3, -0.25) is 0 Å². The molecule has 0 amide bonds. The fourth-order valence-electron chi connectivity index (χ4n) is 3.76. The van der Waals surface area contributed by atoms with Crippen LogP contribution in [0.1, 0.15) is 29.8 Å². The molecule has 26 heavy (non-hydrogen) atoms. The smallest absolute Gasteiger partial charge is 0.161 e. The first-order valence-corrected chi connectivity index (χ1v) is 8.69. The molecule has 2 aromatic carbocycles. The number of carbonyl (C=O) groups is 1. The number of aromatic amines is 1. The van der Waals surface area contributed by atoms with Gasteiger partial charge in [0.2, 0.25) is 0 Å². The van der Waals surface area contributed by atoms with Crippen molar-refractivity contribution < 1.29 is 25.1 Å². The van der Waals surface area contributed by atoms with E-state index in [1.807, 2.05) is 31.2 Å². The lowest BCUT2D eigenvalue weighted by Crippen LogP contribution is -2.95. The molecule has 3 aromatic rings. The van der Waals surface area contributed by atoms with Crippen LogP contribution in [0, 0.1) is 0 Å². The molecule has 1 aromatic heterocycles. The second-order valence-electron chi connectivity index (χ2n) is 6.52. The number of fused-ring (bicyclic) bond motifs is 3. The molecule has 0 saturated heterocycles. The Hall–Kier alpha value is -2.99. The van der Waals surface area contributed by atoms with Gasteiger partial charge in [-0.25, -0.2) is 0 Å². The molecule has 1 aliphatic rings. The van der Waals surface area contributed by atoms with E-state index in [9.17, 15) is 15.0 Å². The number of carboxylic acids is 1. The van der Waals surface area contributed by atoms with Gasteiger partial charge in [0.25, 0.3) is 0 Å². The first-order chi connectivity index (χ1) is 12.6. The first-order valence-electron chi connectivity index (χ1n) is 8.69. The predicted molar refractivity (Wildman–Crippen MR) is 93.8 cm³/mol. The summed E-state index contributed by atoms with van der Waals surface area (Å²) in [5.74, 6) is -0.610. The molecule has 4 N–H and O–H groups in total. The number of rotatable bonds is 4. The second kappa shape index (κ2) is 6.38. The summed E-state index contributed by atoms with van der Waals surface area (Å²) in [4.78, 5) is 15.0. The minimum absolute atomic E-state index is 0.0692. The molecule has 0 fully saturated rings. The summed E-state index contributed by atoms with van der Waals surface area (Å²) >= 11 is 0. The number of aromatic nitrogens is 1. The Labute approximate surface area is 150 Å². The number of ether oxygens (including phenoxy) is 1. The summed E-state index contributed by atoms with van der Waals surface area (Å²) in [5, 5.41) is 24.4. The Morgan fingerprint density at radius 2 is 2.15 bits per heavy atom. The maximum atomic E-state index is 11.6. The number of carboxylic acid groups (broad SMARTS) is 1. The fourth-order valence-corrected chi connectivity index (χ4v) is 3.76. The number of carbonyl (C=O) groups excluding carboxylic acids is 1. The van der Waals surface area contributed by atoms with Gasteiger partial charge in [-0.05, 0) is 36.8 Å². The van der Waals surface area contributed by atoms with Gasteiger partial charge < -0.3 is 30.0 Å². The molecule has 0 unspecified atom stereocenters. The molecule has 2 heterocycles. The Bertz CT molecular complexity index is 979. The van der Waals surface area contributed by atoms with E-state index in [2.05, 4.69) is 4.98 Å². The lowest BCUT2D eigenvalue weighted by atomic mass is 9.90. The second-order valence-corrected chi connectivity index (χ2v) is 6.52. The molecule has 1 aliphatic heterocycles. The Morgan fingerprint density at radius 3 is 2.92 bits per heavy atom. The highest BCUT2D eigenvalue weighted by Gasteiger charge is 2.35. The maximum absolute atomic E-state index is 11.6. The molecule has 0 spiro atoms. The van der Waals surface area contributed by atoms with Crippen LogP contribution in [0.4, 0.5) is 0 Å². The standard InChI is InChI=1S/C20H20N2O4/c1-2-26-17-9-11(7-8-16(17)23)18-19-13(10-15(22-18)20(24)25)12-5-3-4-6-14(12)21-19/h3-9,15,18,21-23H,2,10H2,1H3,(H,24,25)/t15-,18-/m1/s1. The van der Waals surface area contributed by atoms with Crippen LogP contribution in [-0.2, 0) is 11.2 Å². The van der Waals surface area contributed by atoms with Gasteiger partial charge in [-0.2, -0.15) is 0 Å². The van der Waals surface area contributed by atoms with Crippen LogP contribution in [-0.4, -0.2) is 28.7 Å². The Balaban J connectivity index is 1.86. The number of quaternary nitrogens is 1. The van der Waals surface area contributed by atoms with Crippen molar-refractivity contribution in [1.82, 2.24) is 4.98 Å². The summed E-state index contributed by atoms with van der Waals surface area (Å²) in [6, 6.07) is 12.1. The number of para-hydroxylation sites is 1. The summed E-state index contributed by atoms with van der Waals surface area (Å²) < 4.78 is 5.49. The van der Waals surface area contributed by atoms with Crippen molar-refractivity contribution in [2.75, 3.05) is 6.61 Å². The van der Waals surface area contributed by atoms with Crippen LogP contribution in [0.3, 0.4) is 0 Å². The average Bonchev–Trinajstić information content (AvgIpc) is 3.01. The van der Waals surface area contributed by atoms with E-state index < -0.39 is 12.0 Å². The number of aliphatic carboxylic acids is 1. The van der Waals surface area contributed by atoms with Crippen LogP contribution < -0.4 is 15.2 Å². The van der Waals surface area contributed by atoms with E-state index in [4.69, 9.17) is 4.74 Å². The van der Waals surface area contributed by atoms with E-state index in [0.29, 0.717) is 18.8 Å². The molecule has 4 rings (SSSR count). The number of phenolic OH excluding ortho intramolecular Hbond substituents is 1. The third kappa shape index (κ3) is 2.68. The molecule has 6 heteroatoms. The zero-order chi connectivity index (χ0) is 18.3. The summed E-state index contributed by atoms with van der Waals surface area (Å²) in [7, 11) is 0. The number of nitrogens with two attached hydrogens (primary N) is 1. The van der Waals surface area contributed by atoms with Gasteiger partial charge in [0, 0.05) is 22.9 Å². The van der Waals surface area contributed by atoms with Crippen molar-refractivity contribution in [2.24, 2.45) is 0 Å². The van der Waals surface area contributed by atoms with E-state index in [-0.39, 0.29) is 11.8 Å². The molecule has 0 saturated carbocycles. The van der Waals surface area contributed by atoms with Gasteiger partial charge in [0.05, 0.1) is 18.3 Å². The first kappa shape index (κ1) is 16.5. The summed E-state index contributed by atoms with van der Waals surface area (Å²) in [5.41, 5.74) is 3.84. The molecule has 6 nitrogen and oxygen atoms in total. The number of nitrogens with one attached hydrogen (secondary N) is 1. The number of H-pyrrole nitrogens is 1. The van der Waals surface area contributed by atoms with E-state index >= 15 is 0 Å². The predicted octanol–water partition coefficient (Wildman–Crippen LogP) is 0.600. The Morgan fingerprint density at radius 1 is 1.35 bits per heavy atom. The van der Waals surface area contributed by atoms with Crippen LogP contribution in [0.5, 0.6) is 11.5 Å². The van der Waals surface area contributed by atoms with E-state index in [0.717, 1.165) is 27.7 Å². The van der Waals surface area contributed by atoms with Crippen molar-refractivity contribution in [3.05, 3.63) is 59.3 Å². The van der Waals surface area contributed by atoms with Crippen LogP contribution >= 0.6 is 0 Å². The molecule has 0 aliphatic carbocycles. The highest BCUT2D eigenvalue weighted by Crippen LogP contribution is 2.35. The van der Waals surface area contributed by atoms with Crippen LogP contribution in [0.25, 0.3) is 10.9 Å². The largest absolute Gasteiger partial charge is 0.544 e. The Kier molecular flexibility index (Phi) is 4.05. The molecule has 0 radical (unpaired) electrons. The molecule has 134 valence electrons. The number of benzene rings is 2. The van der Waals surface area contributed by atoms with Crippen molar-refractivity contribution >= 4 is 16.9 Å². The van der Waals surface area contributed by atoms with Gasteiger partial charge in [-0.1, -0.05) is 18.2 Å². The van der Waals surface area contributed by atoms with E-state index in [1.54, 1.807) is 23.5 Å². The van der Waals surface area contributed by atoms with Crippen molar-refractivity contribution in [1.29, 1.82) is 0 Å². The molecular weight excluding hydrogens is 332 g/mol. The van der Waals surface area contributed by atoms with Gasteiger partial charge >= 0.3 is 0 Å². The zero-order valence-electron chi connectivity index (χ0n) is 14.4. The van der Waals surface area contributed by atoms with Crippen molar-refractivity contribution in [3.8, 4) is 11.5 Å². The normalized spacial score (nSPS) is 19.3. The zero-order valence-corrected chi connectivity index (χ0v) is 14.4. The summed E-state index contributed by atoms with van der Waals surface area (Å²) in [6.45, 7) is 2.28. The monoisotopic (exact) mass is 352 g/mol. The van der Waals surface area contributed by atoms with Gasteiger partial charge in [-0.15, -0.1) is 0 Å².